The summed E-state index contributed by atoms with van der Waals surface area (Å²) in [7, 11) is 6.77. The van der Waals surface area contributed by atoms with Crippen molar-refractivity contribution in [3.05, 3.63) is 52.5 Å². The molecule has 4 amide bonds. The maximum atomic E-state index is 14.5. The highest BCUT2D eigenvalue weighted by atomic mass is 32.1. The third kappa shape index (κ3) is 14.8. The van der Waals surface area contributed by atoms with Crippen molar-refractivity contribution >= 4 is 35.0 Å². The minimum Gasteiger partial charge on any atom is -0.379 e. The minimum absolute atomic E-state index is 0.0260. The van der Waals surface area contributed by atoms with Gasteiger partial charge in [0.05, 0.1) is 68.5 Å². The Morgan fingerprint density at radius 3 is 2.23 bits per heavy atom. The zero-order chi connectivity index (χ0) is 45.2. The van der Waals surface area contributed by atoms with Crippen molar-refractivity contribution in [1.29, 1.82) is 0 Å². The summed E-state index contributed by atoms with van der Waals surface area (Å²) in [6.45, 7) is 15.8. The van der Waals surface area contributed by atoms with Crippen molar-refractivity contribution < 1.29 is 38.2 Å². The lowest BCUT2D eigenvalue weighted by molar-refractivity contribution is -0.148. The summed E-state index contributed by atoms with van der Waals surface area (Å²) in [6, 6.07) is 7.56. The van der Waals surface area contributed by atoms with Crippen LogP contribution in [0.3, 0.4) is 0 Å². The molecule has 1 saturated heterocycles. The summed E-state index contributed by atoms with van der Waals surface area (Å²) in [5.74, 6) is 3.43. The molecule has 0 bridgehead atoms. The average Bonchev–Trinajstić information content (AvgIpc) is 3.96. The van der Waals surface area contributed by atoms with Crippen LogP contribution in [0.25, 0.3) is 0 Å². The number of carbonyl (C=O) groups is 4. The third-order valence-corrected chi connectivity index (χ3v) is 13.0. The van der Waals surface area contributed by atoms with Crippen molar-refractivity contribution in [2.45, 2.75) is 123 Å². The van der Waals surface area contributed by atoms with E-state index in [-0.39, 0.29) is 66.5 Å². The number of thiazole rings is 1. The molecule has 2 aromatic rings. The predicted octanol–water partition coefficient (Wildman–Crippen LogP) is 4.47. The van der Waals surface area contributed by atoms with Crippen LogP contribution in [0.2, 0.25) is 0 Å². The number of hydrogen-bond acceptors (Lipinski definition) is 12. The van der Waals surface area contributed by atoms with E-state index in [2.05, 4.69) is 27.4 Å². The molecular weight excluding hydrogens is 799 g/mol. The molecule has 4 N–H and O–H groups in total. The quantitative estimate of drug-likeness (QED) is 0.0853. The summed E-state index contributed by atoms with van der Waals surface area (Å²) in [6.07, 6.45) is 3.34. The number of amides is 4. The first-order chi connectivity index (χ1) is 29.1. The number of carbonyl (C=O) groups excluding carboxylic acids is 4. The number of benzene rings is 1. The molecule has 1 aliphatic rings. The zero-order valence-electron chi connectivity index (χ0n) is 38.5. The van der Waals surface area contributed by atoms with Gasteiger partial charge in [0, 0.05) is 45.9 Å². The number of nitrogens with zero attached hydrogens (tertiary/aromatic N) is 4. The van der Waals surface area contributed by atoms with Gasteiger partial charge in [-0.2, -0.15) is 0 Å². The van der Waals surface area contributed by atoms with E-state index in [9.17, 15) is 19.2 Å². The standard InChI is InChI=1S/C45H75N7O8S/c1-12-31(6)40(51(9)45(56)38(29(2)3)49-43(55)39(30(4)5)50(8)22-23-59-24-25-60-46)36(57-10)28-37(53)52-21-16-19-35(52)41(58-11)32(7)42(54)48-34(44-47-20-26-61-44)27-33-17-14-13-15-18-33/h13-15,17-18,20,26,29-32,34-36,38-41H,12,16,19,21-25,27-28,46H2,1-11H3,(H,48,54)(H,49,55)/t31-,32+,34-,35-,36+,38-,39-,40?,41+/m0/s1. The Morgan fingerprint density at radius 2 is 1.66 bits per heavy atom. The maximum absolute atomic E-state index is 14.5. The number of methoxy groups -OCH3 is 2. The van der Waals surface area contributed by atoms with E-state index in [1.165, 1.54) is 11.3 Å². The molecule has 3 rings (SSSR count). The van der Waals surface area contributed by atoms with Crippen LogP contribution in [-0.4, -0.2) is 141 Å². The lowest BCUT2D eigenvalue weighted by atomic mass is 9.89. The molecule has 1 aromatic carbocycles. The fourth-order valence-corrected chi connectivity index (χ4v) is 9.30. The van der Waals surface area contributed by atoms with Crippen LogP contribution in [0.15, 0.2) is 41.9 Å². The molecule has 9 atom stereocenters. The van der Waals surface area contributed by atoms with Gasteiger partial charge in [-0.25, -0.2) is 10.9 Å². The van der Waals surface area contributed by atoms with Crippen molar-refractivity contribution in [3.8, 4) is 0 Å². The van der Waals surface area contributed by atoms with Gasteiger partial charge in [0.15, 0.2) is 0 Å². The molecule has 1 unspecified atom stereocenters. The highest BCUT2D eigenvalue weighted by molar-refractivity contribution is 7.09. The molecule has 1 fully saturated rings. The second kappa shape index (κ2) is 26.2. The molecule has 344 valence electrons. The molecule has 0 radical (unpaired) electrons. The van der Waals surface area contributed by atoms with Crippen molar-refractivity contribution in [2.24, 2.45) is 29.6 Å². The molecule has 2 heterocycles. The van der Waals surface area contributed by atoms with Crippen LogP contribution in [0.5, 0.6) is 0 Å². The van der Waals surface area contributed by atoms with Crippen LogP contribution in [-0.2, 0) is 44.6 Å². The summed E-state index contributed by atoms with van der Waals surface area (Å²) >= 11 is 1.50. The molecule has 0 spiro atoms. The van der Waals surface area contributed by atoms with Gasteiger partial charge < -0.3 is 39.5 Å². The number of likely N-dealkylation sites (tertiary alicyclic amines) is 1. The SMILES string of the molecule is CC[C@H](C)C([C@@H](CC(=O)N1CCC[C@H]1[C@H](OC)[C@@H](C)C(=O)N[C@@H](Cc1ccccc1)c1nccs1)OC)N(C)C(=O)[C@@H](NC(=O)[C@H](C(C)C)N(C)CCOCCON)C(C)C. The van der Waals surface area contributed by atoms with Gasteiger partial charge in [-0.05, 0) is 49.6 Å². The van der Waals surface area contributed by atoms with Crippen LogP contribution in [0.1, 0.15) is 90.8 Å². The molecule has 0 aliphatic carbocycles. The topological polar surface area (TPSA) is 178 Å². The average molecular weight is 874 g/mol. The van der Waals surface area contributed by atoms with Crippen LogP contribution < -0.4 is 16.5 Å². The van der Waals surface area contributed by atoms with Crippen molar-refractivity contribution in [2.75, 3.05) is 61.2 Å². The first-order valence-corrected chi connectivity index (χ1v) is 22.7. The molecule has 61 heavy (non-hydrogen) atoms. The number of nitrogens with one attached hydrogen (secondary N) is 2. The molecule has 0 saturated carbocycles. The van der Waals surface area contributed by atoms with Crippen LogP contribution in [0.4, 0.5) is 0 Å². The van der Waals surface area contributed by atoms with E-state index in [4.69, 9.17) is 20.1 Å². The first-order valence-electron chi connectivity index (χ1n) is 21.9. The fraction of sp³-hybridized carbons (Fsp3) is 0.711. The summed E-state index contributed by atoms with van der Waals surface area (Å²) in [5, 5.41) is 9.05. The monoisotopic (exact) mass is 874 g/mol. The lowest BCUT2D eigenvalue weighted by Gasteiger charge is -2.41. The van der Waals surface area contributed by atoms with E-state index in [1.807, 2.05) is 94.1 Å². The van der Waals surface area contributed by atoms with Gasteiger partial charge >= 0.3 is 0 Å². The van der Waals surface area contributed by atoms with Crippen molar-refractivity contribution in [1.82, 2.24) is 30.3 Å². The zero-order valence-corrected chi connectivity index (χ0v) is 39.3. The van der Waals surface area contributed by atoms with Crippen LogP contribution >= 0.6 is 11.3 Å². The molecule has 15 nitrogen and oxygen atoms in total. The number of ether oxygens (including phenoxy) is 3. The summed E-state index contributed by atoms with van der Waals surface area (Å²) < 4.78 is 17.7. The molecule has 1 aliphatic heterocycles. The fourth-order valence-electron chi connectivity index (χ4n) is 8.61. The van der Waals surface area contributed by atoms with E-state index in [0.717, 1.165) is 23.4 Å². The highest BCUT2D eigenvalue weighted by Gasteiger charge is 2.43. The summed E-state index contributed by atoms with van der Waals surface area (Å²) in [4.78, 5) is 71.3. The largest absolute Gasteiger partial charge is 0.379 e. The van der Waals surface area contributed by atoms with E-state index in [1.54, 1.807) is 32.4 Å². The highest BCUT2D eigenvalue weighted by Crippen LogP contribution is 2.30. The van der Waals surface area contributed by atoms with Gasteiger partial charge in [0.1, 0.15) is 11.0 Å². The van der Waals surface area contributed by atoms with Crippen LogP contribution in [0, 0.1) is 23.7 Å². The Morgan fingerprint density at radius 1 is 0.951 bits per heavy atom. The van der Waals surface area contributed by atoms with E-state index < -0.39 is 36.3 Å². The van der Waals surface area contributed by atoms with Gasteiger partial charge in [-0.15, -0.1) is 11.3 Å². The maximum Gasteiger partial charge on any atom is 0.245 e. The third-order valence-electron chi connectivity index (χ3n) is 12.1. The number of nitrogens with two attached hydrogens (primary N) is 1. The second-order valence-corrected chi connectivity index (χ2v) is 18.0. The van der Waals surface area contributed by atoms with Crippen molar-refractivity contribution in [3.63, 3.8) is 0 Å². The minimum atomic E-state index is -0.814. The molecular formula is C45H75N7O8S. The van der Waals surface area contributed by atoms with E-state index >= 15 is 0 Å². The number of hydrogen-bond donors (Lipinski definition) is 3. The van der Waals surface area contributed by atoms with E-state index in [0.29, 0.717) is 39.1 Å². The summed E-state index contributed by atoms with van der Waals surface area (Å²) in [5.41, 5.74) is 1.09. The van der Waals surface area contributed by atoms with Gasteiger partial charge in [0.25, 0.3) is 0 Å². The number of aromatic nitrogens is 1. The Labute approximate surface area is 368 Å². The molecule has 16 heteroatoms. The smallest absolute Gasteiger partial charge is 0.245 e. The Kier molecular flexibility index (Phi) is 22.3. The van der Waals surface area contributed by atoms with Gasteiger partial charge in [-0.3, -0.25) is 24.1 Å². The Bertz CT molecular complexity index is 1600. The molecule has 1 aromatic heterocycles. The lowest BCUT2D eigenvalue weighted by Crippen LogP contribution is -2.60. The Hall–Kier alpha value is -3.51. The number of rotatable bonds is 27. The predicted molar refractivity (Wildman–Crippen MR) is 238 cm³/mol. The Balaban J connectivity index is 1.76. The first kappa shape index (κ1) is 51.8. The second-order valence-electron chi connectivity index (χ2n) is 17.1. The number of likely N-dealkylation sites (N-methyl/N-ethyl adjacent to an activating group) is 2. The normalized spacial score (nSPS) is 18.3. The van der Waals surface area contributed by atoms with Gasteiger partial charge in [0.2, 0.25) is 23.6 Å². The van der Waals surface area contributed by atoms with Gasteiger partial charge in [-0.1, -0.05) is 85.2 Å².